The number of hydrogen-bond acceptors (Lipinski definition) is 4. The van der Waals surface area contributed by atoms with Crippen LogP contribution in [0.4, 0.5) is 0 Å². The van der Waals surface area contributed by atoms with Gasteiger partial charge < -0.3 is 10.1 Å². The monoisotopic (exact) mass is 303 g/mol. The molecule has 3 atom stereocenters. The van der Waals surface area contributed by atoms with Crippen LogP contribution in [0.1, 0.15) is 39.5 Å². The van der Waals surface area contributed by atoms with Crippen molar-refractivity contribution in [2.45, 2.75) is 39.5 Å². The molecule has 0 bridgehead atoms. The van der Waals surface area contributed by atoms with Crippen LogP contribution in [0.2, 0.25) is 0 Å². The maximum Gasteiger partial charge on any atom is 0.274 e. The first-order valence-electron chi connectivity index (χ1n) is 5.66. The summed E-state index contributed by atoms with van der Waals surface area (Å²) in [4.78, 5) is 10.2. The Morgan fingerprint density at radius 3 is 1.72 bits per heavy atom. The van der Waals surface area contributed by atoms with Gasteiger partial charge in [-0.2, -0.15) is 0 Å². The van der Waals surface area contributed by atoms with E-state index in [0.717, 1.165) is 19.1 Å². The molecule has 0 radical (unpaired) electrons. The van der Waals surface area contributed by atoms with Crippen LogP contribution in [0, 0.1) is 5.92 Å². The summed E-state index contributed by atoms with van der Waals surface area (Å²) in [6.07, 6.45) is 5.55. The van der Waals surface area contributed by atoms with Crippen LogP contribution in [0.25, 0.3) is 0 Å². The van der Waals surface area contributed by atoms with Crippen molar-refractivity contribution in [3.63, 3.8) is 0 Å². The average Bonchev–Trinajstić information content (AvgIpc) is 2.32. The quantitative estimate of drug-likeness (QED) is 0.391. The summed E-state index contributed by atoms with van der Waals surface area (Å²) in [7, 11) is -1.43. The van der Waals surface area contributed by atoms with Crippen molar-refractivity contribution >= 4 is 26.5 Å². The molecule has 0 fully saturated rings. The number of nitrogens with one attached hydrogen (secondary N) is 1. The predicted octanol–water partition coefficient (Wildman–Crippen LogP) is 1.58. The second kappa shape index (κ2) is 19.2. The van der Waals surface area contributed by atoms with Crippen molar-refractivity contribution < 1.29 is 22.3 Å². The number of unbranched alkanes of at least 4 members (excludes halogenated alkanes) is 1. The molecule has 0 aliphatic carbocycles. The van der Waals surface area contributed by atoms with Crippen molar-refractivity contribution in [3.8, 4) is 0 Å². The zero-order chi connectivity index (χ0) is 15.0. The van der Waals surface area contributed by atoms with E-state index in [0.29, 0.717) is 5.92 Å². The lowest BCUT2D eigenvalue weighted by atomic mass is 10.0. The molecule has 3 N–H and O–H groups in total. The molecular formula is C10H25NO5S2. The second-order valence-corrected chi connectivity index (χ2v) is 5.96. The third-order valence-corrected chi connectivity index (χ3v) is 2.74. The van der Waals surface area contributed by atoms with Crippen LogP contribution >= 0.6 is 0 Å². The van der Waals surface area contributed by atoms with Gasteiger partial charge in [-0.1, -0.05) is 26.7 Å². The van der Waals surface area contributed by atoms with Gasteiger partial charge >= 0.3 is 0 Å². The van der Waals surface area contributed by atoms with Gasteiger partial charge in [0.25, 0.3) is 20.2 Å². The Labute approximate surface area is 114 Å². The Morgan fingerprint density at radius 1 is 1.17 bits per heavy atom. The van der Waals surface area contributed by atoms with Crippen molar-refractivity contribution in [2.75, 3.05) is 14.1 Å². The van der Waals surface area contributed by atoms with Gasteiger partial charge in [0.1, 0.15) is 6.29 Å². The van der Waals surface area contributed by atoms with Crippen molar-refractivity contribution in [2.24, 2.45) is 5.92 Å². The van der Waals surface area contributed by atoms with Crippen molar-refractivity contribution in [3.05, 3.63) is 0 Å². The number of carbonyl (C=O) groups excluding carboxylic acids is 1. The van der Waals surface area contributed by atoms with Crippen molar-refractivity contribution in [1.29, 1.82) is 0 Å². The summed E-state index contributed by atoms with van der Waals surface area (Å²) in [5, 5.41) is 2.75. The summed E-state index contributed by atoms with van der Waals surface area (Å²) >= 11 is 0. The highest BCUT2D eigenvalue weighted by Crippen LogP contribution is 2.08. The number of hydrogen-bond donors (Lipinski definition) is 3. The summed E-state index contributed by atoms with van der Waals surface area (Å²) < 4.78 is 33.6. The average molecular weight is 303 g/mol. The Balaban J connectivity index is -0.000000216. The van der Waals surface area contributed by atoms with E-state index in [9.17, 15) is 13.2 Å². The highest BCUT2D eigenvalue weighted by molar-refractivity contribution is 8.56. The zero-order valence-electron chi connectivity index (χ0n) is 11.4. The third-order valence-electron chi connectivity index (χ3n) is 1.77. The van der Waals surface area contributed by atoms with Crippen LogP contribution < -0.4 is 5.32 Å². The number of carbonyl (C=O) groups is 1. The summed E-state index contributed by atoms with van der Waals surface area (Å²) in [6, 6.07) is 0. The maximum absolute atomic E-state index is 10.2. The van der Waals surface area contributed by atoms with Crippen molar-refractivity contribution in [1.82, 2.24) is 5.32 Å². The zero-order valence-corrected chi connectivity index (χ0v) is 13.1. The molecule has 18 heavy (non-hydrogen) atoms. The molecule has 3 unspecified atom stereocenters. The summed E-state index contributed by atoms with van der Waals surface area (Å²) in [5.74, 6) is 0.324. The lowest BCUT2D eigenvalue weighted by Gasteiger charge is -2.03. The topological polar surface area (TPSA) is 104 Å². The second-order valence-electron chi connectivity index (χ2n) is 3.38. The molecule has 0 spiro atoms. The minimum atomic E-state index is -2.59. The standard InChI is InChI=1S/C8H16O.C2H7N.H2O4S2/c1-3-5-6-8(4-2)7-9;1-3-2;1-5(2)6(3)4/h7-8H,3-6H2,1-2H3;3H,1-2H3;(H,1,2)(H,3,4). The van der Waals surface area contributed by atoms with Crippen LogP contribution in [0.3, 0.4) is 0 Å². The molecule has 6 nitrogen and oxygen atoms in total. The van der Waals surface area contributed by atoms with E-state index in [1.807, 2.05) is 14.1 Å². The van der Waals surface area contributed by atoms with Gasteiger partial charge in [0, 0.05) is 5.92 Å². The van der Waals surface area contributed by atoms with E-state index in [1.54, 1.807) is 0 Å². The Morgan fingerprint density at radius 2 is 1.56 bits per heavy atom. The van der Waals surface area contributed by atoms with Crippen LogP contribution in [0.15, 0.2) is 0 Å². The highest BCUT2D eigenvalue weighted by Gasteiger charge is 2.01. The van der Waals surface area contributed by atoms with Crippen LogP contribution in [-0.4, -0.2) is 37.9 Å². The first-order chi connectivity index (χ1) is 8.40. The van der Waals surface area contributed by atoms with E-state index in [-0.39, 0.29) is 0 Å². The van der Waals surface area contributed by atoms with Gasteiger partial charge in [0.05, 0.1) is 0 Å². The molecule has 112 valence electrons. The van der Waals surface area contributed by atoms with E-state index in [1.165, 1.54) is 12.8 Å². The smallest absolute Gasteiger partial charge is 0.274 e. The van der Waals surface area contributed by atoms with Gasteiger partial charge in [0.15, 0.2) is 0 Å². The van der Waals surface area contributed by atoms with Crippen LogP contribution in [-0.2, 0) is 25.0 Å². The fourth-order valence-corrected chi connectivity index (χ4v) is 0.835. The minimum Gasteiger partial charge on any atom is -0.323 e. The third kappa shape index (κ3) is 24.9. The molecule has 0 rings (SSSR count). The Hall–Kier alpha value is -0.150. The van der Waals surface area contributed by atoms with Gasteiger partial charge in [-0.25, -0.2) is 8.42 Å². The SMILES string of the molecule is CCCCC(C=O)CC.CNC.O=S(O)S(=O)O. The first kappa shape index (κ1) is 23.0. The van der Waals surface area contributed by atoms with Gasteiger partial charge in [-0.05, 0) is 26.9 Å². The molecule has 0 saturated carbocycles. The molecular weight excluding hydrogens is 278 g/mol. The molecule has 8 heteroatoms. The Kier molecular flexibility index (Phi) is 24.5. The lowest BCUT2D eigenvalue weighted by Crippen LogP contribution is -1.98. The molecule has 0 aromatic heterocycles. The molecule has 0 aromatic carbocycles. The highest BCUT2D eigenvalue weighted by atomic mass is 33.2. The molecule has 0 aliphatic rings. The fraction of sp³-hybridized carbons (Fsp3) is 0.900. The molecule has 0 aliphatic heterocycles. The van der Waals surface area contributed by atoms with Gasteiger partial charge in [-0.15, -0.1) is 0 Å². The number of aldehydes is 1. The van der Waals surface area contributed by atoms with Gasteiger partial charge in [0.2, 0.25) is 0 Å². The maximum atomic E-state index is 10.2. The summed E-state index contributed by atoms with van der Waals surface area (Å²) in [6.45, 7) is 4.21. The molecule has 0 amide bonds. The van der Waals surface area contributed by atoms with Gasteiger partial charge in [-0.3, -0.25) is 9.11 Å². The number of rotatable bonds is 6. The van der Waals surface area contributed by atoms with E-state index >= 15 is 0 Å². The molecule has 0 heterocycles. The predicted molar refractivity (Wildman–Crippen MR) is 75.9 cm³/mol. The Bertz CT molecular complexity index is 214. The first-order valence-corrected chi connectivity index (χ1v) is 8.40. The van der Waals surface area contributed by atoms with E-state index < -0.39 is 20.2 Å². The van der Waals surface area contributed by atoms with Crippen LogP contribution in [0.5, 0.6) is 0 Å². The summed E-state index contributed by atoms with van der Waals surface area (Å²) in [5.41, 5.74) is 0. The normalized spacial score (nSPS) is 14.1. The lowest BCUT2D eigenvalue weighted by molar-refractivity contribution is -0.111. The van der Waals surface area contributed by atoms with E-state index in [2.05, 4.69) is 19.2 Å². The fourth-order valence-electron chi connectivity index (χ4n) is 0.835. The minimum absolute atomic E-state index is 0.324. The molecule has 0 saturated heterocycles. The largest absolute Gasteiger partial charge is 0.323 e. The van der Waals surface area contributed by atoms with E-state index in [4.69, 9.17) is 9.11 Å². The molecule has 0 aromatic rings.